The van der Waals surface area contributed by atoms with Gasteiger partial charge in [-0.05, 0) is 56.5 Å². The molecule has 0 atom stereocenters. The summed E-state index contributed by atoms with van der Waals surface area (Å²) in [5, 5.41) is 6.96. The van der Waals surface area contributed by atoms with Gasteiger partial charge in [-0.15, -0.1) is 0 Å². The molecule has 6 nitrogen and oxygen atoms in total. The maximum Gasteiger partial charge on any atom is 0.273 e. The number of carbonyl (C=O) groups is 1. The van der Waals surface area contributed by atoms with Gasteiger partial charge in [-0.3, -0.25) is 9.69 Å². The Morgan fingerprint density at radius 1 is 1.11 bits per heavy atom. The molecule has 1 aliphatic heterocycles. The van der Waals surface area contributed by atoms with E-state index in [0.29, 0.717) is 12.2 Å². The first kappa shape index (κ1) is 18.9. The third-order valence-corrected chi connectivity index (χ3v) is 5.67. The molecule has 1 aromatic heterocycles. The van der Waals surface area contributed by atoms with E-state index in [1.165, 1.54) is 12.1 Å². The molecule has 0 radical (unpaired) electrons. The zero-order valence-electron chi connectivity index (χ0n) is 16.1. The van der Waals surface area contributed by atoms with Gasteiger partial charge < -0.3 is 14.7 Å². The van der Waals surface area contributed by atoms with E-state index in [2.05, 4.69) is 20.3 Å². The van der Waals surface area contributed by atoms with Crippen LogP contribution in [0, 0.1) is 5.82 Å². The number of hydrogen-bond donors (Lipinski definition) is 1. The van der Waals surface area contributed by atoms with Crippen molar-refractivity contribution < 1.29 is 13.7 Å². The monoisotopic (exact) mass is 386 g/mol. The Hall–Kier alpha value is -2.41. The Balaban J connectivity index is 1.17. The molecule has 1 aromatic carbocycles. The molecule has 2 aliphatic rings. The van der Waals surface area contributed by atoms with Crippen LogP contribution in [0.2, 0.25) is 0 Å². The van der Waals surface area contributed by atoms with Crippen molar-refractivity contribution in [1.29, 1.82) is 0 Å². The zero-order valence-corrected chi connectivity index (χ0v) is 16.1. The van der Waals surface area contributed by atoms with Gasteiger partial charge in [-0.25, -0.2) is 4.39 Å². The molecule has 2 heterocycles. The summed E-state index contributed by atoms with van der Waals surface area (Å²) < 4.78 is 18.4. The minimum Gasteiger partial charge on any atom is -0.369 e. The molecule has 0 bridgehead atoms. The Kier molecular flexibility index (Phi) is 5.90. The Bertz CT molecular complexity index is 797. The van der Waals surface area contributed by atoms with Crippen molar-refractivity contribution >= 4 is 11.6 Å². The van der Waals surface area contributed by atoms with Crippen LogP contribution in [0.1, 0.15) is 41.1 Å². The summed E-state index contributed by atoms with van der Waals surface area (Å²) in [5.41, 5.74) is 2.55. The van der Waals surface area contributed by atoms with Crippen molar-refractivity contribution in [3.63, 3.8) is 0 Å². The average Bonchev–Trinajstić information content (AvgIpc) is 3.16. The molecule has 0 spiro atoms. The summed E-state index contributed by atoms with van der Waals surface area (Å²) in [6.45, 7) is 5.41. The quantitative estimate of drug-likeness (QED) is 0.774. The number of nitrogens with zero attached hydrogens (tertiary/aromatic N) is 3. The molecular weight excluding hydrogens is 359 g/mol. The summed E-state index contributed by atoms with van der Waals surface area (Å²) in [7, 11) is 0. The van der Waals surface area contributed by atoms with E-state index in [1.54, 1.807) is 0 Å². The van der Waals surface area contributed by atoms with Crippen molar-refractivity contribution in [2.75, 3.05) is 44.2 Å². The lowest BCUT2D eigenvalue weighted by Crippen LogP contribution is -2.47. The molecule has 7 heteroatoms. The van der Waals surface area contributed by atoms with Crippen molar-refractivity contribution in [3.8, 4) is 0 Å². The van der Waals surface area contributed by atoms with Gasteiger partial charge in [0.05, 0.1) is 0 Å². The zero-order chi connectivity index (χ0) is 19.3. The van der Waals surface area contributed by atoms with Crippen LogP contribution in [0.15, 0.2) is 28.8 Å². The fourth-order valence-corrected chi connectivity index (χ4v) is 4.03. The third kappa shape index (κ3) is 4.35. The standard InChI is InChI=1S/C21H27FN4O2/c22-16-6-8-17(9-7-16)26-14-12-25(13-15-26)11-3-10-23-21(27)20-18-4-1-2-5-19(18)28-24-20/h6-9H,1-5,10-15H2,(H,23,27). The number of benzene rings is 1. The molecule has 1 amide bonds. The molecule has 4 rings (SSSR count). The molecule has 1 fully saturated rings. The molecule has 0 unspecified atom stereocenters. The minimum atomic E-state index is -0.199. The Labute approximate surface area is 164 Å². The molecule has 1 aliphatic carbocycles. The van der Waals surface area contributed by atoms with E-state index in [-0.39, 0.29) is 11.7 Å². The van der Waals surface area contributed by atoms with Gasteiger partial charge in [0, 0.05) is 50.4 Å². The van der Waals surface area contributed by atoms with Gasteiger partial charge in [0.25, 0.3) is 5.91 Å². The first-order valence-corrected chi connectivity index (χ1v) is 10.2. The van der Waals surface area contributed by atoms with Crippen LogP contribution in [-0.2, 0) is 12.8 Å². The van der Waals surface area contributed by atoms with E-state index in [4.69, 9.17) is 4.52 Å². The number of rotatable bonds is 6. The van der Waals surface area contributed by atoms with Gasteiger partial charge >= 0.3 is 0 Å². The van der Waals surface area contributed by atoms with Crippen LogP contribution in [0.3, 0.4) is 0 Å². The van der Waals surface area contributed by atoms with E-state index in [9.17, 15) is 9.18 Å². The lowest BCUT2D eigenvalue weighted by molar-refractivity contribution is 0.0941. The number of amides is 1. The second-order valence-electron chi connectivity index (χ2n) is 7.55. The Morgan fingerprint density at radius 3 is 2.64 bits per heavy atom. The number of aryl methyl sites for hydroxylation is 1. The van der Waals surface area contributed by atoms with Gasteiger partial charge in [0.1, 0.15) is 11.6 Å². The van der Waals surface area contributed by atoms with E-state index in [1.807, 2.05) is 12.1 Å². The first-order valence-electron chi connectivity index (χ1n) is 10.2. The lowest BCUT2D eigenvalue weighted by Gasteiger charge is -2.36. The van der Waals surface area contributed by atoms with Crippen LogP contribution in [-0.4, -0.2) is 55.2 Å². The number of hydrogen-bond acceptors (Lipinski definition) is 5. The highest BCUT2D eigenvalue weighted by Crippen LogP contribution is 2.24. The lowest BCUT2D eigenvalue weighted by atomic mass is 9.96. The highest BCUT2D eigenvalue weighted by atomic mass is 19.1. The number of carbonyl (C=O) groups excluding carboxylic acids is 1. The SMILES string of the molecule is O=C(NCCCN1CCN(c2ccc(F)cc2)CC1)c1noc2c1CCCC2. The van der Waals surface area contributed by atoms with E-state index >= 15 is 0 Å². The highest BCUT2D eigenvalue weighted by Gasteiger charge is 2.23. The maximum absolute atomic E-state index is 13.1. The summed E-state index contributed by atoms with van der Waals surface area (Å²) in [6, 6.07) is 6.69. The summed E-state index contributed by atoms with van der Waals surface area (Å²) >= 11 is 0. The number of anilines is 1. The molecule has 0 saturated carbocycles. The largest absolute Gasteiger partial charge is 0.369 e. The number of fused-ring (bicyclic) bond motifs is 1. The summed E-state index contributed by atoms with van der Waals surface area (Å²) in [6.07, 6.45) is 4.89. The van der Waals surface area contributed by atoms with Gasteiger partial charge in [-0.1, -0.05) is 5.16 Å². The number of aromatic nitrogens is 1. The Morgan fingerprint density at radius 2 is 1.86 bits per heavy atom. The second-order valence-corrected chi connectivity index (χ2v) is 7.55. The van der Waals surface area contributed by atoms with Crippen LogP contribution in [0.4, 0.5) is 10.1 Å². The average molecular weight is 386 g/mol. The summed E-state index contributed by atoms with van der Waals surface area (Å²) in [4.78, 5) is 17.1. The summed E-state index contributed by atoms with van der Waals surface area (Å²) in [5.74, 6) is 0.569. The number of halogens is 1. The van der Waals surface area contributed by atoms with Crippen LogP contribution in [0.25, 0.3) is 0 Å². The first-order chi connectivity index (χ1) is 13.7. The predicted molar refractivity (Wildman–Crippen MR) is 105 cm³/mol. The predicted octanol–water partition coefficient (Wildman–Crippen LogP) is 2.63. The minimum absolute atomic E-state index is 0.118. The van der Waals surface area contributed by atoms with Crippen LogP contribution < -0.4 is 10.2 Å². The molecule has 1 N–H and O–H groups in total. The van der Waals surface area contributed by atoms with Crippen LogP contribution in [0.5, 0.6) is 0 Å². The topological polar surface area (TPSA) is 61.6 Å². The smallest absolute Gasteiger partial charge is 0.273 e. The van der Waals surface area contributed by atoms with Gasteiger partial charge in [-0.2, -0.15) is 0 Å². The van der Waals surface area contributed by atoms with Gasteiger partial charge in [0.2, 0.25) is 0 Å². The molecular formula is C21H27FN4O2. The number of piperazine rings is 1. The molecule has 2 aromatic rings. The molecule has 1 saturated heterocycles. The maximum atomic E-state index is 13.1. The third-order valence-electron chi connectivity index (χ3n) is 5.67. The van der Waals surface area contributed by atoms with Crippen molar-refractivity contribution in [3.05, 3.63) is 47.1 Å². The van der Waals surface area contributed by atoms with Crippen LogP contribution >= 0.6 is 0 Å². The van der Waals surface area contributed by atoms with E-state index < -0.39 is 0 Å². The second kappa shape index (κ2) is 8.73. The normalized spacial score (nSPS) is 17.4. The van der Waals surface area contributed by atoms with Crippen molar-refractivity contribution in [1.82, 2.24) is 15.4 Å². The molecule has 150 valence electrons. The van der Waals surface area contributed by atoms with E-state index in [0.717, 1.165) is 81.8 Å². The van der Waals surface area contributed by atoms with Crippen molar-refractivity contribution in [2.24, 2.45) is 0 Å². The van der Waals surface area contributed by atoms with Crippen molar-refractivity contribution in [2.45, 2.75) is 32.1 Å². The fraction of sp³-hybridized carbons (Fsp3) is 0.524. The fourth-order valence-electron chi connectivity index (χ4n) is 4.03. The number of nitrogens with one attached hydrogen (secondary N) is 1. The highest BCUT2D eigenvalue weighted by molar-refractivity contribution is 5.93. The molecule has 28 heavy (non-hydrogen) atoms. The van der Waals surface area contributed by atoms with Gasteiger partial charge in [0.15, 0.2) is 5.69 Å².